The maximum atomic E-state index is 13.8. The summed E-state index contributed by atoms with van der Waals surface area (Å²) in [6, 6.07) is 14.7. The summed E-state index contributed by atoms with van der Waals surface area (Å²) in [4.78, 5) is 11.4. The number of anilines is 1. The normalized spacial score (nSPS) is 16.0. The highest BCUT2D eigenvalue weighted by Crippen LogP contribution is 2.56. The van der Waals surface area contributed by atoms with Gasteiger partial charge in [0.2, 0.25) is 5.91 Å². The van der Waals surface area contributed by atoms with Gasteiger partial charge in [-0.05, 0) is 46.7 Å². The number of nitrogens with one attached hydrogen (secondary N) is 1. The van der Waals surface area contributed by atoms with Crippen molar-refractivity contribution in [2.45, 2.75) is 27.2 Å². The fourth-order valence-electron chi connectivity index (χ4n) is 3.38. The summed E-state index contributed by atoms with van der Waals surface area (Å²) in [5.74, 6) is -0.447. The number of halogens is 1. The summed E-state index contributed by atoms with van der Waals surface area (Å²) in [7, 11) is 0. The first-order valence-corrected chi connectivity index (χ1v) is 7.75. The van der Waals surface area contributed by atoms with Crippen LogP contribution in [0.25, 0.3) is 11.1 Å². The second-order valence-corrected chi connectivity index (χ2v) is 6.65. The third-order valence-corrected chi connectivity index (χ3v) is 4.28. The molecule has 2 nitrogen and oxygen atoms in total. The molecule has 0 bridgehead atoms. The molecule has 1 amide bonds. The van der Waals surface area contributed by atoms with Crippen molar-refractivity contribution in [1.29, 1.82) is 0 Å². The topological polar surface area (TPSA) is 29.1 Å². The van der Waals surface area contributed by atoms with E-state index in [0.717, 1.165) is 23.1 Å². The van der Waals surface area contributed by atoms with E-state index in [1.54, 1.807) is 6.07 Å². The van der Waals surface area contributed by atoms with E-state index < -0.39 is 0 Å². The van der Waals surface area contributed by atoms with Gasteiger partial charge in [0.25, 0.3) is 0 Å². The molecule has 0 atom stereocenters. The standard InChI is InChI=1S/C20H20FNO/c1-13(23)22-18-10-9-15(21)11-16(18)17-12-20(2,3)19(17)14-7-5-4-6-8-14/h4-11H,12H2,1-3H3,(H,22,23). The fraction of sp³-hybridized carbons (Fsp3) is 0.250. The Morgan fingerprint density at radius 2 is 1.83 bits per heavy atom. The van der Waals surface area contributed by atoms with Crippen molar-refractivity contribution in [2.24, 2.45) is 5.41 Å². The van der Waals surface area contributed by atoms with Crippen LogP contribution < -0.4 is 5.32 Å². The van der Waals surface area contributed by atoms with Crippen molar-refractivity contribution in [1.82, 2.24) is 0 Å². The Kier molecular flexibility index (Phi) is 3.80. The SMILES string of the molecule is CC(=O)Nc1ccc(F)cc1C1=C(c2ccccc2)C(C)(C)C1. The molecule has 3 rings (SSSR count). The van der Waals surface area contributed by atoms with Gasteiger partial charge in [0, 0.05) is 18.2 Å². The molecule has 0 fully saturated rings. The van der Waals surface area contributed by atoms with Crippen LogP contribution in [-0.4, -0.2) is 5.91 Å². The van der Waals surface area contributed by atoms with Gasteiger partial charge in [-0.3, -0.25) is 4.79 Å². The highest BCUT2D eigenvalue weighted by molar-refractivity contribution is 6.04. The van der Waals surface area contributed by atoms with Crippen LogP contribution in [0.2, 0.25) is 0 Å². The predicted molar refractivity (Wildman–Crippen MR) is 92.4 cm³/mol. The molecule has 23 heavy (non-hydrogen) atoms. The second kappa shape index (κ2) is 5.65. The van der Waals surface area contributed by atoms with E-state index >= 15 is 0 Å². The first-order valence-electron chi connectivity index (χ1n) is 7.75. The van der Waals surface area contributed by atoms with Crippen molar-refractivity contribution < 1.29 is 9.18 Å². The summed E-state index contributed by atoms with van der Waals surface area (Å²) in [6.45, 7) is 5.84. The monoisotopic (exact) mass is 309 g/mol. The molecule has 1 aliphatic rings. The van der Waals surface area contributed by atoms with Crippen LogP contribution in [-0.2, 0) is 4.79 Å². The molecule has 0 radical (unpaired) electrons. The smallest absolute Gasteiger partial charge is 0.221 e. The Balaban J connectivity index is 2.17. The maximum Gasteiger partial charge on any atom is 0.221 e. The van der Waals surface area contributed by atoms with E-state index in [-0.39, 0.29) is 17.1 Å². The van der Waals surface area contributed by atoms with Gasteiger partial charge in [-0.1, -0.05) is 44.2 Å². The summed E-state index contributed by atoms with van der Waals surface area (Å²) in [5, 5.41) is 2.81. The molecule has 0 unspecified atom stereocenters. The van der Waals surface area contributed by atoms with E-state index in [1.165, 1.54) is 24.6 Å². The molecule has 2 aromatic carbocycles. The quantitative estimate of drug-likeness (QED) is 0.837. The maximum absolute atomic E-state index is 13.8. The van der Waals surface area contributed by atoms with E-state index in [2.05, 4.69) is 31.3 Å². The Bertz CT molecular complexity index is 791. The number of carbonyl (C=O) groups excluding carboxylic acids is 1. The number of allylic oxidation sites excluding steroid dienone is 2. The molecule has 0 heterocycles. The summed E-state index contributed by atoms with van der Waals surface area (Å²) < 4.78 is 13.8. The zero-order valence-corrected chi connectivity index (χ0v) is 13.6. The Hall–Kier alpha value is -2.42. The van der Waals surface area contributed by atoms with Gasteiger partial charge in [-0.25, -0.2) is 4.39 Å². The Morgan fingerprint density at radius 1 is 1.13 bits per heavy atom. The fourth-order valence-corrected chi connectivity index (χ4v) is 3.38. The van der Waals surface area contributed by atoms with Crippen LogP contribution >= 0.6 is 0 Å². The molecule has 2 aromatic rings. The average molecular weight is 309 g/mol. The van der Waals surface area contributed by atoms with Crippen LogP contribution in [0.4, 0.5) is 10.1 Å². The minimum atomic E-state index is -0.293. The van der Waals surface area contributed by atoms with Crippen LogP contribution in [0.3, 0.4) is 0 Å². The summed E-state index contributed by atoms with van der Waals surface area (Å²) >= 11 is 0. The third kappa shape index (κ3) is 2.91. The average Bonchev–Trinajstić information content (AvgIpc) is 2.47. The molecule has 3 heteroatoms. The lowest BCUT2D eigenvalue weighted by Crippen LogP contribution is -2.26. The van der Waals surface area contributed by atoms with Gasteiger partial charge in [0.05, 0.1) is 0 Å². The van der Waals surface area contributed by atoms with E-state index in [0.29, 0.717) is 5.69 Å². The van der Waals surface area contributed by atoms with Gasteiger partial charge in [0.1, 0.15) is 5.82 Å². The highest BCUT2D eigenvalue weighted by Gasteiger charge is 2.38. The van der Waals surface area contributed by atoms with E-state index in [1.807, 2.05) is 18.2 Å². The molecule has 0 aliphatic heterocycles. The summed E-state index contributed by atoms with van der Waals surface area (Å²) in [5.41, 5.74) is 4.95. The van der Waals surface area contributed by atoms with Gasteiger partial charge in [-0.15, -0.1) is 0 Å². The lowest BCUT2D eigenvalue weighted by molar-refractivity contribution is -0.114. The molecular weight excluding hydrogens is 289 g/mol. The largest absolute Gasteiger partial charge is 0.326 e. The number of hydrogen-bond acceptors (Lipinski definition) is 1. The van der Waals surface area contributed by atoms with E-state index in [9.17, 15) is 9.18 Å². The highest BCUT2D eigenvalue weighted by atomic mass is 19.1. The Labute approximate surface area is 136 Å². The minimum Gasteiger partial charge on any atom is -0.326 e. The number of rotatable bonds is 3. The summed E-state index contributed by atoms with van der Waals surface area (Å²) in [6.07, 6.45) is 0.854. The molecular formula is C20H20FNO. The van der Waals surface area contributed by atoms with Crippen LogP contribution in [0.5, 0.6) is 0 Å². The molecule has 1 N–H and O–H groups in total. The number of hydrogen-bond donors (Lipinski definition) is 1. The van der Waals surface area contributed by atoms with Crippen molar-refractivity contribution in [3.8, 4) is 0 Å². The van der Waals surface area contributed by atoms with E-state index in [4.69, 9.17) is 0 Å². The number of amides is 1. The third-order valence-electron chi connectivity index (χ3n) is 4.28. The van der Waals surface area contributed by atoms with Crippen molar-refractivity contribution in [3.63, 3.8) is 0 Å². The van der Waals surface area contributed by atoms with Crippen LogP contribution in [0, 0.1) is 11.2 Å². The number of benzene rings is 2. The molecule has 0 aromatic heterocycles. The van der Waals surface area contributed by atoms with Crippen molar-refractivity contribution >= 4 is 22.7 Å². The zero-order valence-electron chi connectivity index (χ0n) is 13.6. The predicted octanol–water partition coefficient (Wildman–Crippen LogP) is 5.12. The molecule has 0 spiro atoms. The lowest BCUT2D eigenvalue weighted by Gasteiger charge is -2.42. The minimum absolute atomic E-state index is 0.0382. The molecule has 0 saturated heterocycles. The van der Waals surface area contributed by atoms with Gasteiger partial charge >= 0.3 is 0 Å². The van der Waals surface area contributed by atoms with Crippen molar-refractivity contribution in [3.05, 3.63) is 65.5 Å². The Morgan fingerprint density at radius 3 is 2.43 bits per heavy atom. The van der Waals surface area contributed by atoms with Gasteiger partial charge in [0.15, 0.2) is 0 Å². The van der Waals surface area contributed by atoms with Gasteiger partial charge < -0.3 is 5.32 Å². The number of carbonyl (C=O) groups is 1. The first kappa shape index (κ1) is 15.5. The van der Waals surface area contributed by atoms with Crippen molar-refractivity contribution in [2.75, 3.05) is 5.32 Å². The van der Waals surface area contributed by atoms with Crippen LogP contribution in [0.1, 0.15) is 38.3 Å². The van der Waals surface area contributed by atoms with Crippen LogP contribution in [0.15, 0.2) is 48.5 Å². The zero-order chi connectivity index (χ0) is 16.6. The molecule has 118 valence electrons. The molecule has 0 saturated carbocycles. The molecule has 1 aliphatic carbocycles. The first-order chi connectivity index (χ1) is 10.9. The van der Waals surface area contributed by atoms with Gasteiger partial charge in [-0.2, -0.15) is 0 Å². The second-order valence-electron chi connectivity index (χ2n) is 6.65. The lowest BCUT2D eigenvalue weighted by atomic mass is 9.62.